The van der Waals surface area contributed by atoms with E-state index in [2.05, 4.69) is 20.3 Å². The zero-order valence-electron chi connectivity index (χ0n) is 20.8. The van der Waals surface area contributed by atoms with Crippen molar-refractivity contribution in [3.05, 3.63) is 72.3 Å². The van der Waals surface area contributed by atoms with Crippen LogP contribution in [0, 0.1) is 13.8 Å². The van der Waals surface area contributed by atoms with Gasteiger partial charge in [0.05, 0.1) is 23.1 Å². The molecule has 1 atom stereocenters. The van der Waals surface area contributed by atoms with Gasteiger partial charge in [0.1, 0.15) is 42.6 Å². The number of hydrogen-bond acceptors (Lipinski definition) is 8. The Morgan fingerprint density at radius 1 is 1.11 bits per heavy atom. The summed E-state index contributed by atoms with van der Waals surface area (Å²) < 4.78 is 12.2. The zero-order chi connectivity index (χ0) is 25.8. The fourth-order valence-electron chi connectivity index (χ4n) is 4.53. The molecule has 5 rings (SSSR count). The molecule has 190 valence electrons. The summed E-state index contributed by atoms with van der Waals surface area (Å²) in [7, 11) is 0. The van der Waals surface area contributed by atoms with E-state index in [1.54, 1.807) is 11.1 Å². The van der Waals surface area contributed by atoms with Gasteiger partial charge >= 0.3 is 0 Å². The number of carbonyl (C=O) groups excluding carboxylic acids is 1. The molecule has 1 saturated heterocycles. The SMILES string of the molecule is Cc1ccc(Oc2ccc(Nc3ncnc4cccc(OC[C@H]5CCCN5C(=O)CO)c34)cc2C)cn1. The van der Waals surface area contributed by atoms with Gasteiger partial charge in [0.2, 0.25) is 5.91 Å². The first-order valence-electron chi connectivity index (χ1n) is 12.3. The standard InChI is InChI=1S/C28H29N5O4/c1-18-13-20(9-11-24(18)37-22-10-8-19(2)29-14-22)32-28-27-23(30-17-31-28)6-3-7-25(27)36-16-21-5-4-12-33(21)26(35)15-34/h3,6-11,13-14,17,21,34H,4-5,12,15-16H2,1-2H3,(H,30,31,32)/t21-/m1/s1. The van der Waals surface area contributed by atoms with E-state index < -0.39 is 6.61 Å². The number of aryl methyl sites for hydroxylation is 2. The molecule has 1 amide bonds. The van der Waals surface area contributed by atoms with Crippen LogP contribution in [0.15, 0.2) is 61.1 Å². The van der Waals surface area contributed by atoms with E-state index in [0.717, 1.165) is 46.4 Å². The first kappa shape index (κ1) is 24.5. The van der Waals surface area contributed by atoms with Crippen molar-refractivity contribution in [3.63, 3.8) is 0 Å². The third kappa shape index (κ3) is 5.46. The molecule has 0 unspecified atom stereocenters. The lowest BCUT2D eigenvalue weighted by Gasteiger charge is -2.24. The van der Waals surface area contributed by atoms with E-state index in [9.17, 15) is 9.90 Å². The van der Waals surface area contributed by atoms with Crippen molar-refractivity contribution in [2.24, 2.45) is 0 Å². The molecule has 37 heavy (non-hydrogen) atoms. The molecule has 3 heterocycles. The van der Waals surface area contributed by atoms with Gasteiger partial charge < -0.3 is 24.8 Å². The Morgan fingerprint density at radius 2 is 2.00 bits per heavy atom. The quantitative estimate of drug-likeness (QED) is 0.364. The average Bonchev–Trinajstić information content (AvgIpc) is 3.38. The highest BCUT2D eigenvalue weighted by molar-refractivity contribution is 5.95. The number of aromatic nitrogens is 3. The molecule has 0 spiro atoms. The van der Waals surface area contributed by atoms with E-state index in [4.69, 9.17) is 9.47 Å². The van der Waals surface area contributed by atoms with Crippen LogP contribution < -0.4 is 14.8 Å². The van der Waals surface area contributed by atoms with Crippen molar-refractivity contribution in [1.29, 1.82) is 0 Å². The molecule has 0 bridgehead atoms. The average molecular weight is 500 g/mol. The molecule has 2 aromatic carbocycles. The van der Waals surface area contributed by atoms with Crippen LogP contribution in [0.25, 0.3) is 10.9 Å². The fourth-order valence-corrected chi connectivity index (χ4v) is 4.53. The van der Waals surface area contributed by atoms with Crippen LogP contribution in [0.3, 0.4) is 0 Å². The van der Waals surface area contributed by atoms with Crippen molar-refractivity contribution in [1.82, 2.24) is 19.9 Å². The van der Waals surface area contributed by atoms with Gasteiger partial charge in [0, 0.05) is 17.9 Å². The van der Waals surface area contributed by atoms with Crippen LogP contribution in [0.1, 0.15) is 24.1 Å². The molecule has 0 saturated carbocycles. The number of anilines is 2. The first-order valence-corrected chi connectivity index (χ1v) is 12.3. The number of nitrogens with one attached hydrogen (secondary N) is 1. The maximum atomic E-state index is 12.1. The Hall–Kier alpha value is -4.24. The summed E-state index contributed by atoms with van der Waals surface area (Å²) in [6.45, 7) is 4.40. The van der Waals surface area contributed by atoms with E-state index in [0.29, 0.717) is 30.5 Å². The fraction of sp³-hybridized carbons (Fsp3) is 0.286. The number of aliphatic hydroxyl groups excluding tert-OH is 1. The highest BCUT2D eigenvalue weighted by Crippen LogP contribution is 2.34. The summed E-state index contributed by atoms with van der Waals surface area (Å²) in [5.74, 6) is 2.40. The number of pyridine rings is 1. The van der Waals surface area contributed by atoms with Gasteiger partial charge in [0.25, 0.3) is 0 Å². The summed E-state index contributed by atoms with van der Waals surface area (Å²) >= 11 is 0. The maximum absolute atomic E-state index is 12.1. The second-order valence-corrected chi connectivity index (χ2v) is 9.07. The number of carbonyl (C=O) groups is 1. The van der Waals surface area contributed by atoms with Crippen LogP contribution in [0.4, 0.5) is 11.5 Å². The minimum Gasteiger partial charge on any atom is -0.491 e. The topological polar surface area (TPSA) is 110 Å². The van der Waals surface area contributed by atoms with Gasteiger partial charge in [-0.2, -0.15) is 0 Å². The second-order valence-electron chi connectivity index (χ2n) is 9.07. The van der Waals surface area contributed by atoms with Crippen molar-refractivity contribution in [2.45, 2.75) is 32.7 Å². The smallest absolute Gasteiger partial charge is 0.248 e. The van der Waals surface area contributed by atoms with Crippen LogP contribution in [0.5, 0.6) is 17.2 Å². The molecule has 9 nitrogen and oxygen atoms in total. The number of benzene rings is 2. The van der Waals surface area contributed by atoms with Crippen molar-refractivity contribution < 1.29 is 19.4 Å². The van der Waals surface area contributed by atoms with Crippen molar-refractivity contribution in [3.8, 4) is 17.2 Å². The number of likely N-dealkylation sites (tertiary alicyclic amines) is 1. The lowest BCUT2D eigenvalue weighted by atomic mass is 10.1. The lowest BCUT2D eigenvalue weighted by Crippen LogP contribution is -2.40. The van der Waals surface area contributed by atoms with Gasteiger partial charge in [0.15, 0.2) is 0 Å². The molecule has 1 fully saturated rings. The number of hydrogen-bond donors (Lipinski definition) is 2. The number of aliphatic hydroxyl groups is 1. The highest BCUT2D eigenvalue weighted by Gasteiger charge is 2.29. The van der Waals surface area contributed by atoms with Gasteiger partial charge in [-0.1, -0.05) is 6.07 Å². The van der Waals surface area contributed by atoms with E-state index in [1.807, 2.05) is 62.4 Å². The molecular weight excluding hydrogens is 470 g/mol. The normalized spacial score (nSPS) is 15.1. The number of amides is 1. The van der Waals surface area contributed by atoms with Crippen LogP contribution >= 0.6 is 0 Å². The second kappa shape index (κ2) is 10.8. The van der Waals surface area contributed by atoms with E-state index in [-0.39, 0.29) is 11.9 Å². The molecule has 9 heteroatoms. The molecular formula is C28H29N5O4. The summed E-state index contributed by atoms with van der Waals surface area (Å²) in [5, 5.41) is 13.4. The van der Waals surface area contributed by atoms with E-state index >= 15 is 0 Å². The molecule has 2 aromatic heterocycles. The zero-order valence-corrected chi connectivity index (χ0v) is 20.8. The number of rotatable bonds is 8. The van der Waals surface area contributed by atoms with E-state index in [1.165, 1.54) is 6.33 Å². The predicted octanol–water partition coefficient (Wildman–Crippen LogP) is 4.54. The van der Waals surface area contributed by atoms with Gasteiger partial charge in [-0.3, -0.25) is 9.78 Å². The lowest BCUT2D eigenvalue weighted by molar-refractivity contribution is -0.135. The Bertz CT molecular complexity index is 1400. The van der Waals surface area contributed by atoms with Crippen molar-refractivity contribution >= 4 is 28.3 Å². The monoisotopic (exact) mass is 499 g/mol. The molecule has 1 aliphatic heterocycles. The number of nitrogens with zero attached hydrogens (tertiary/aromatic N) is 4. The van der Waals surface area contributed by atoms with Crippen LogP contribution in [-0.4, -0.2) is 56.7 Å². The summed E-state index contributed by atoms with van der Waals surface area (Å²) in [6, 6.07) is 15.2. The third-order valence-corrected chi connectivity index (χ3v) is 6.44. The summed E-state index contributed by atoms with van der Waals surface area (Å²) in [6.07, 6.45) is 4.96. The summed E-state index contributed by atoms with van der Waals surface area (Å²) in [5.41, 5.74) is 3.48. The predicted molar refractivity (Wildman–Crippen MR) is 140 cm³/mol. The highest BCUT2D eigenvalue weighted by atomic mass is 16.5. The minimum absolute atomic E-state index is 0.0742. The Kier molecular flexibility index (Phi) is 7.14. The van der Waals surface area contributed by atoms with Gasteiger partial charge in [-0.25, -0.2) is 9.97 Å². The van der Waals surface area contributed by atoms with Gasteiger partial charge in [-0.05, 0) is 74.7 Å². The Morgan fingerprint density at radius 3 is 2.78 bits per heavy atom. The third-order valence-electron chi connectivity index (χ3n) is 6.44. The van der Waals surface area contributed by atoms with Crippen LogP contribution in [-0.2, 0) is 4.79 Å². The Balaban J connectivity index is 1.36. The number of fused-ring (bicyclic) bond motifs is 1. The molecule has 4 aromatic rings. The first-order chi connectivity index (χ1) is 18.0. The van der Waals surface area contributed by atoms with Crippen molar-refractivity contribution in [2.75, 3.05) is 25.1 Å². The molecule has 0 radical (unpaired) electrons. The minimum atomic E-state index is -0.488. The number of ether oxygens (including phenoxy) is 2. The molecule has 1 aliphatic rings. The Labute approximate surface area is 215 Å². The summed E-state index contributed by atoms with van der Waals surface area (Å²) in [4.78, 5) is 26.9. The van der Waals surface area contributed by atoms with Crippen LogP contribution in [0.2, 0.25) is 0 Å². The molecule has 2 N–H and O–H groups in total. The van der Waals surface area contributed by atoms with Gasteiger partial charge in [-0.15, -0.1) is 0 Å². The maximum Gasteiger partial charge on any atom is 0.248 e. The molecule has 0 aliphatic carbocycles. The largest absolute Gasteiger partial charge is 0.491 e.